The van der Waals surface area contributed by atoms with Crippen molar-refractivity contribution < 1.29 is 13.2 Å². The van der Waals surface area contributed by atoms with E-state index in [1.54, 1.807) is 12.3 Å². The molecule has 16 heavy (non-hydrogen) atoms. The smallest absolute Gasteiger partial charge is 0.264 e. The van der Waals surface area contributed by atoms with Crippen LogP contribution >= 0.6 is 0 Å². The van der Waals surface area contributed by atoms with Crippen LogP contribution in [0.5, 0.6) is 0 Å². The maximum Gasteiger partial charge on any atom is 0.416 e. The Morgan fingerprint density at radius 3 is 2.19 bits per heavy atom. The van der Waals surface area contributed by atoms with Crippen LogP contribution in [0.1, 0.15) is 5.56 Å². The Morgan fingerprint density at radius 2 is 1.69 bits per heavy atom. The minimum Gasteiger partial charge on any atom is -0.264 e. The normalized spacial score (nSPS) is 11.4. The van der Waals surface area contributed by atoms with E-state index >= 15 is 0 Å². The van der Waals surface area contributed by atoms with Gasteiger partial charge in [0.05, 0.1) is 5.56 Å². The molecule has 0 N–H and O–H groups in total. The number of nitrogens with zero attached hydrogens (tertiary/aromatic N) is 1. The first-order valence-corrected chi connectivity index (χ1v) is 4.57. The third-order valence-corrected chi connectivity index (χ3v) is 2.15. The molecule has 1 nitrogen and oxygen atoms in total. The van der Waals surface area contributed by atoms with Crippen LogP contribution in [0.4, 0.5) is 13.2 Å². The Labute approximate surface area is 90.6 Å². The van der Waals surface area contributed by atoms with Crippen LogP contribution in [0, 0.1) is 6.07 Å². The number of hydrogen-bond donors (Lipinski definition) is 0. The van der Waals surface area contributed by atoms with Crippen LogP contribution < -0.4 is 0 Å². The summed E-state index contributed by atoms with van der Waals surface area (Å²) in [6.07, 6.45) is -1.24. The lowest BCUT2D eigenvalue weighted by molar-refractivity contribution is -0.137. The second kappa shape index (κ2) is 3.96. The molecule has 0 fully saturated rings. The maximum absolute atomic E-state index is 12.3. The van der Waals surface area contributed by atoms with E-state index in [-0.39, 0.29) is 0 Å². The second-order valence-corrected chi connectivity index (χ2v) is 3.23. The zero-order valence-corrected chi connectivity index (χ0v) is 8.12. The van der Waals surface area contributed by atoms with Crippen molar-refractivity contribution in [2.75, 3.05) is 0 Å². The van der Waals surface area contributed by atoms with Gasteiger partial charge in [0.15, 0.2) is 0 Å². The molecule has 1 aromatic heterocycles. The van der Waals surface area contributed by atoms with E-state index < -0.39 is 11.7 Å². The minimum absolute atomic E-state index is 0.648. The van der Waals surface area contributed by atoms with Crippen molar-refractivity contribution in [3.63, 3.8) is 0 Å². The molecule has 0 spiro atoms. The molecule has 2 rings (SSSR count). The average molecular weight is 222 g/mol. The molecular formula is C12H7F3N. The van der Waals surface area contributed by atoms with Gasteiger partial charge in [0.25, 0.3) is 0 Å². The van der Waals surface area contributed by atoms with Crippen LogP contribution in [-0.2, 0) is 6.18 Å². The van der Waals surface area contributed by atoms with Crippen molar-refractivity contribution in [2.24, 2.45) is 0 Å². The molecule has 0 saturated heterocycles. The summed E-state index contributed by atoms with van der Waals surface area (Å²) in [7, 11) is 0. The first-order valence-electron chi connectivity index (χ1n) is 4.57. The number of pyridine rings is 1. The lowest BCUT2D eigenvalue weighted by Gasteiger charge is -2.07. The zero-order valence-electron chi connectivity index (χ0n) is 8.12. The molecule has 0 saturated carbocycles. The van der Waals surface area contributed by atoms with Gasteiger partial charge in [-0.1, -0.05) is 12.1 Å². The Morgan fingerprint density at radius 1 is 1.00 bits per heavy atom. The van der Waals surface area contributed by atoms with Gasteiger partial charge in [0.1, 0.15) is 0 Å². The van der Waals surface area contributed by atoms with Crippen molar-refractivity contribution in [3.8, 4) is 11.1 Å². The van der Waals surface area contributed by atoms with Gasteiger partial charge in [-0.3, -0.25) is 4.98 Å². The zero-order chi connectivity index (χ0) is 11.6. The molecule has 0 bridgehead atoms. The average Bonchev–Trinajstić information content (AvgIpc) is 2.29. The molecule has 0 unspecified atom stereocenters. The van der Waals surface area contributed by atoms with E-state index in [2.05, 4.69) is 11.1 Å². The lowest BCUT2D eigenvalue weighted by atomic mass is 10.1. The highest BCUT2D eigenvalue weighted by molar-refractivity contribution is 5.62. The van der Waals surface area contributed by atoms with E-state index in [0.717, 1.165) is 17.7 Å². The molecule has 81 valence electrons. The van der Waals surface area contributed by atoms with Gasteiger partial charge in [0, 0.05) is 18.5 Å². The maximum atomic E-state index is 12.3. The third kappa shape index (κ3) is 2.21. The summed E-state index contributed by atoms with van der Waals surface area (Å²) in [6.45, 7) is 0. The van der Waals surface area contributed by atoms with Gasteiger partial charge in [-0.2, -0.15) is 13.2 Å². The SMILES string of the molecule is FC(F)(F)c1ccc(-c2[c]cncc2)cc1. The predicted octanol–water partition coefficient (Wildman–Crippen LogP) is 3.57. The summed E-state index contributed by atoms with van der Waals surface area (Å²) in [5.74, 6) is 0. The van der Waals surface area contributed by atoms with Gasteiger partial charge in [-0.05, 0) is 29.3 Å². The van der Waals surface area contributed by atoms with Crippen molar-refractivity contribution in [2.45, 2.75) is 6.18 Å². The lowest BCUT2D eigenvalue weighted by Crippen LogP contribution is -2.03. The summed E-state index contributed by atoms with van der Waals surface area (Å²) in [6, 6.07) is 9.52. The second-order valence-electron chi connectivity index (χ2n) is 3.23. The molecule has 2 aromatic rings. The van der Waals surface area contributed by atoms with Crippen LogP contribution in [0.2, 0.25) is 0 Å². The highest BCUT2D eigenvalue weighted by Gasteiger charge is 2.29. The molecular weight excluding hydrogens is 215 g/mol. The van der Waals surface area contributed by atoms with Crippen LogP contribution in [-0.4, -0.2) is 4.98 Å². The summed E-state index contributed by atoms with van der Waals surface area (Å²) in [5.41, 5.74) is 0.768. The molecule has 1 radical (unpaired) electrons. The predicted molar refractivity (Wildman–Crippen MR) is 53.5 cm³/mol. The number of aromatic nitrogens is 1. The fraction of sp³-hybridized carbons (Fsp3) is 0.0833. The fourth-order valence-corrected chi connectivity index (χ4v) is 1.33. The topological polar surface area (TPSA) is 12.9 Å². The molecule has 0 aliphatic heterocycles. The first kappa shape index (κ1) is 10.7. The van der Waals surface area contributed by atoms with Gasteiger partial charge < -0.3 is 0 Å². The van der Waals surface area contributed by atoms with Gasteiger partial charge in [-0.15, -0.1) is 0 Å². The Kier molecular flexibility index (Phi) is 2.64. The van der Waals surface area contributed by atoms with Crippen molar-refractivity contribution >= 4 is 0 Å². The number of hydrogen-bond acceptors (Lipinski definition) is 1. The van der Waals surface area contributed by atoms with Crippen molar-refractivity contribution in [3.05, 3.63) is 54.4 Å². The summed E-state index contributed by atoms with van der Waals surface area (Å²) in [5, 5.41) is 0. The highest BCUT2D eigenvalue weighted by Crippen LogP contribution is 2.30. The fourth-order valence-electron chi connectivity index (χ4n) is 1.33. The van der Waals surface area contributed by atoms with Gasteiger partial charge >= 0.3 is 6.18 Å². The van der Waals surface area contributed by atoms with Crippen LogP contribution in [0.25, 0.3) is 11.1 Å². The van der Waals surface area contributed by atoms with E-state index in [0.29, 0.717) is 5.56 Å². The van der Waals surface area contributed by atoms with Crippen molar-refractivity contribution in [1.29, 1.82) is 0 Å². The molecule has 0 atom stereocenters. The van der Waals surface area contributed by atoms with E-state index in [1.807, 2.05) is 0 Å². The Balaban J connectivity index is 2.34. The van der Waals surface area contributed by atoms with E-state index in [1.165, 1.54) is 18.3 Å². The van der Waals surface area contributed by atoms with Gasteiger partial charge in [-0.25, -0.2) is 0 Å². The highest BCUT2D eigenvalue weighted by atomic mass is 19.4. The molecule has 0 amide bonds. The summed E-state index contributed by atoms with van der Waals surface area (Å²) < 4.78 is 36.9. The molecule has 1 heterocycles. The number of halogens is 3. The monoisotopic (exact) mass is 222 g/mol. The molecule has 0 aliphatic carbocycles. The Bertz CT molecular complexity index is 460. The van der Waals surface area contributed by atoms with Crippen LogP contribution in [0.3, 0.4) is 0 Å². The molecule has 1 aromatic carbocycles. The summed E-state index contributed by atoms with van der Waals surface area (Å²) >= 11 is 0. The number of rotatable bonds is 1. The number of alkyl halides is 3. The molecule has 4 heteroatoms. The number of benzene rings is 1. The van der Waals surface area contributed by atoms with Gasteiger partial charge in [0.2, 0.25) is 0 Å². The van der Waals surface area contributed by atoms with E-state index in [9.17, 15) is 13.2 Å². The van der Waals surface area contributed by atoms with Crippen molar-refractivity contribution in [1.82, 2.24) is 4.98 Å². The third-order valence-electron chi connectivity index (χ3n) is 2.15. The largest absolute Gasteiger partial charge is 0.416 e. The van der Waals surface area contributed by atoms with E-state index in [4.69, 9.17) is 0 Å². The molecule has 0 aliphatic rings. The standard InChI is InChI=1S/C12H7F3N/c13-12(14,15)11-3-1-9(2-4-11)10-5-7-16-8-6-10/h1-5,7-8H. The first-order chi connectivity index (χ1) is 7.57. The van der Waals surface area contributed by atoms with Crippen LogP contribution in [0.15, 0.2) is 42.7 Å². The summed E-state index contributed by atoms with van der Waals surface area (Å²) in [4.78, 5) is 3.79. The minimum atomic E-state index is -4.29. The Hall–Kier alpha value is -1.84. The quantitative estimate of drug-likeness (QED) is 0.718.